The summed E-state index contributed by atoms with van der Waals surface area (Å²) in [7, 11) is 0. The molecular formula is C9H6ClNO2. The van der Waals surface area contributed by atoms with Crippen LogP contribution in [0.4, 0.5) is 4.79 Å². The molecule has 0 bridgehead atoms. The average Bonchev–Trinajstić information content (AvgIpc) is 2.08. The molecule has 1 rings (SSSR count). The van der Waals surface area contributed by atoms with E-state index >= 15 is 0 Å². The van der Waals surface area contributed by atoms with E-state index in [0.717, 1.165) is 5.56 Å². The molecule has 0 atom stereocenters. The fourth-order valence-corrected chi connectivity index (χ4v) is 0.948. The molecule has 3 nitrogen and oxygen atoms in total. The Hall–Kier alpha value is -1.53. The number of nitriles is 1. The Morgan fingerprint density at radius 3 is 2.54 bits per heavy atom. The first kappa shape index (κ1) is 9.56. The predicted octanol–water partition coefficient (Wildman–Crippen LogP) is 2.49. The third-order valence-electron chi connectivity index (χ3n) is 1.40. The van der Waals surface area contributed by atoms with Crippen molar-refractivity contribution in [1.29, 1.82) is 5.26 Å². The van der Waals surface area contributed by atoms with Crippen molar-refractivity contribution in [2.24, 2.45) is 0 Å². The molecule has 0 radical (unpaired) electrons. The molecule has 0 aliphatic rings. The molecular weight excluding hydrogens is 190 g/mol. The van der Waals surface area contributed by atoms with Gasteiger partial charge in [-0.1, -0.05) is 12.1 Å². The second-order valence-electron chi connectivity index (χ2n) is 2.32. The van der Waals surface area contributed by atoms with Crippen LogP contribution in [0, 0.1) is 11.3 Å². The molecule has 0 unspecified atom stereocenters. The first-order valence-electron chi connectivity index (χ1n) is 3.55. The van der Waals surface area contributed by atoms with Gasteiger partial charge in [0.2, 0.25) is 0 Å². The monoisotopic (exact) mass is 195 g/mol. The van der Waals surface area contributed by atoms with E-state index in [2.05, 4.69) is 4.74 Å². The lowest BCUT2D eigenvalue weighted by Gasteiger charge is -1.99. The lowest BCUT2D eigenvalue weighted by atomic mass is 10.2. The number of hydrogen-bond donors (Lipinski definition) is 0. The zero-order chi connectivity index (χ0) is 9.68. The van der Waals surface area contributed by atoms with Crippen LogP contribution < -0.4 is 4.74 Å². The van der Waals surface area contributed by atoms with Crippen molar-refractivity contribution >= 4 is 17.0 Å². The van der Waals surface area contributed by atoms with Crippen LogP contribution in [-0.4, -0.2) is 5.43 Å². The topological polar surface area (TPSA) is 50.1 Å². The van der Waals surface area contributed by atoms with E-state index < -0.39 is 5.43 Å². The highest BCUT2D eigenvalue weighted by atomic mass is 35.5. The summed E-state index contributed by atoms with van der Waals surface area (Å²) >= 11 is 5.00. The summed E-state index contributed by atoms with van der Waals surface area (Å²) in [5.41, 5.74) is 0.00454. The van der Waals surface area contributed by atoms with Crippen molar-refractivity contribution in [2.45, 2.75) is 6.42 Å². The standard InChI is InChI=1S/C9H6ClNO2/c10-9(12)13-8-3-1-7(2-4-8)5-6-11/h1-4H,5H2. The summed E-state index contributed by atoms with van der Waals surface area (Å²) in [6, 6.07) is 8.60. The molecule has 0 aliphatic heterocycles. The third-order valence-corrected chi connectivity index (χ3v) is 1.48. The summed E-state index contributed by atoms with van der Waals surface area (Å²) in [6.07, 6.45) is 0.342. The molecule has 1 aromatic carbocycles. The first-order valence-corrected chi connectivity index (χ1v) is 3.93. The van der Waals surface area contributed by atoms with E-state index in [1.807, 2.05) is 6.07 Å². The maximum Gasteiger partial charge on any atom is 0.409 e. The Morgan fingerprint density at radius 1 is 1.46 bits per heavy atom. The van der Waals surface area contributed by atoms with Gasteiger partial charge >= 0.3 is 5.43 Å². The van der Waals surface area contributed by atoms with Gasteiger partial charge in [0.25, 0.3) is 0 Å². The highest BCUT2D eigenvalue weighted by molar-refractivity contribution is 6.61. The second kappa shape index (κ2) is 4.48. The number of benzene rings is 1. The molecule has 0 N–H and O–H groups in total. The fourth-order valence-electron chi connectivity index (χ4n) is 0.859. The van der Waals surface area contributed by atoms with Gasteiger partial charge in [-0.2, -0.15) is 5.26 Å². The maximum atomic E-state index is 10.3. The Labute approximate surface area is 80.5 Å². The lowest BCUT2D eigenvalue weighted by Crippen LogP contribution is -1.95. The molecule has 0 aromatic heterocycles. The van der Waals surface area contributed by atoms with Crippen molar-refractivity contribution < 1.29 is 9.53 Å². The summed E-state index contributed by atoms with van der Waals surface area (Å²) < 4.78 is 4.59. The van der Waals surface area contributed by atoms with Crippen LogP contribution in [0.2, 0.25) is 0 Å². The zero-order valence-corrected chi connectivity index (χ0v) is 7.41. The van der Waals surface area contributed by atoms with Gasteiger partial charge in [0.05, 0.1) is 12.5 Å². The fraction of sp³-hybridized carbons (Fsp3) is 0.111. The first-order chi connectivity index (χ1) is 6.22. The largest absolute Gasteiger partial charge is 0.415 e. The molecule has 0 saturated carbocycles. The van der Waals surface area contributed by atoms with E-state index in [1.54, 1.807) is 24.3 Å². The van der Waals surface area contributed by atoms with E-state index in [1.165, 1.54) is 0 Å². The van der Waals surface area contributed by atoms with Crippen LogP contribution in [0.15, 0.2) is 24.3 Å². The highest BCUT2D eigenvalue weighted by Gasteiger charge is 1.99. The van der Waals surface area contributed by atoms with Crippen LogP contribution in [0.5, 0.6) is 5.75 Å². The van der Waals surface area contributed by atoms with Gasteiger partial charge in [-0.25, -0.2) is 4.79 Å². The normalized spacial score (nSPS) is 8.92. The van der Waals surface area contributed by atoms with Gasteiger partial charge in [0, 0.05) is 11.6 Å². The van der Waals surface area contributed by atoms with Crippen molar-refractivity contribution in [1.82, 2.24) is 0 Å². The van der Waals surface area contributed by atoms with Gasteiger partial charge in [-0.05, 0) is 17.7 Å². The highest BCUT2D eigenvalue weighted by Crippen LogP contribution is 2.13. The van der Waals surface area contributed by atoms with Crippen LogP contribution >= 0.6 is 11.6 Å². The number of rotatable bonds is 2. The van der Waals surface area contributed by atoms with Gasteiger partial charge in [-0.15, -0.1) is 0 Å². The molecule has 0 heterocycles. The van der Waals surface area contributed by atoms with Crippen molar-refractivity contribution in [2.75, 3.05) is 0 Å². The SMILES string of the molecule is N#CCc1ccc(OC(=O)Cl)cc1. The minimum atomic E-state index is -0.868. The maximum absolute atomic E-state index is 10.3. The van der Waals surface area contributed by atoms with E-state index in [0.29, 0.717) is 12.2 Å². The zero-order valence-electron chi connectivity index (χ0n) is 6.66. The second-order valence-corrected chi connectivity index (χ2v) is 2.63. The van der Waals surface area contributed by atoms with Gasteiger partial charge in [0.15, 0.2) is 0 Å². The number of carbonyl (C=O) groups excluding carboxylic acids is 1. The van der Waals surface area contributed by atoms with Crippen molar-refractivity contribution in [3.05, 3.63) is 29.8 Å². The van der Waals surface area contributed by atoms with Crippen molar-refractivity contribution in [3.8, 4) is 11.8 Å². The smallest absolute Gasteiger partial charge is 0.409 e. The van der Waals surface area contributed by atoms with E-state index in [9.17, 15) is 4.79 Å². The Balaban J connectivity index is 2.70. The van der Waals surface area contributed by atoms with Crippen molar-refractivity contribution in [3.63, 3.8) is 0 Å². The van der Waals surface area contributed by atoms with Crippen LogP contribution in [-0.2, 0) is 6.42 Å². The molecule has 0 aliphatic carbocycles. The van der Waals surface area contributed by atoms with Crippen LogP contribution in [0.25, 0.3) is 0 Å². The number of ether oxygens (including phenoxy) is 1. The summed E-state index contributed by atoms with van der Waals surface area (Å²) in [6.45, 7) is 0. The van der Waals surface area contributed by atoms with Crippen LogP contribution in [0.1, 0.15) is 5.56 Å². The minimum Gasteiger partial charge on any atom is -0.415 e. The Kier molecular flexibility index (Phi) is 3.30. The number of halogens is 1. The van der Waals surface area contributed by atoms with Gasteiger partial charge in [0.1, 0.15) is 5.75 Å². The molecule has 0 fully saturated rings. The van der Waals surface area contributed by atoms with E-state index in [-0.39, 0.29) is 0 Å². The average molecular weight is 196 g/mol. The number of hydrogen-bond acceptors (Lipinski definition) is 3. The number of carbonyl (C=O) groups is 1. The third kappa shape index (κ3) is 3.14. The predicted molar refractivity (Wildman–Crippen MR) is 47.6 cm³/mol. The Bertz CT molecular complexity index is 340. The Morgan fingerprint density at radius 2 is 2.08 bits per heavy atom. The molecule has 66 valence electrons. The summed E-state index contributed by atoms with van der Waals surface area (Å²) in [5, 5.41) is 8.38. The molecule has 0 saturated heterocycles. The molecule has 0 spiro atoms. The summed E-state index contributed by atoms with van der Waals surface area (Å²) in [4.78, 5) is 10.3. The number of nitrogens with zero attached hydrogens (tertiary/aromatic N) is 1. The van der Waals surface area contributed by atoms with E-state index in [4.69, 9.17) is 16.9 Å². The van der Waals surface area contributed by atoms with Gasteiger partial charge < -0.3 is 4.74 Å². The minimum absolute atomic E-state index is 0.342. The molecule has 0 amide bonds. The van der Waals surface area contributed by atoms with Gasteiger partial charge in [-0.3, -0.25) is 0 Å². The molecule has 1 aromatic rings. The summed E-state index contributed by atoms with van der Waals surface area (Å²) in [5.74, 6) is 0.377. The molecule has 13 heavy (non-hydrogen) atoms. The lowest BCUT2D eigenvalue weighted by molar-refractivity contribution is 0.225. The quantitative estimate of drug-likeness (QED) is 0.682. The molecule has 4 heteroatoms. The van der Waals surface area contributed by atoms with Crippen LogP contribution in [0.3, 0.4) is 0 Å².